The van der Waals surface area contributed by atoms with Gasteiger partial charge in [0.05, 0.1) is 12.0 Å². The summed E-state index contributed by atoms with van der Waals surface area (Å²) < 4.78 is 5.03. The Morgan fingerprint density at radius 2 is 2.06 bits per heavy atom. The highest BCUT2D eigenvalue weighted by atomic mass is 35.5. The van der Waals surface area contributed by atoms with Gasteiger partial charge in [0.15, 0.2) is 0 Å². The van der Waals surface area contributed by atoms with Crippen LogP contribution in [0.5, 0.6) is 0 Å². The fourth-order valence-corrected chi connectivity index (χ4v) is 2.32. The topological polar surface area (TPSA) is 38.3 Å². The Morgan fingerprint density at radius 1 is 1.44 bits per heavy atom. The molecule has 98 valence electrons. The summed E-state index contributed by atoms with van der Waals surface area (Å²) >= 11 is 5.87. The number of hydrogen-bond donors (Lipinski definition) is 1. The Hall–Kier alpha value is -1.06. The molecule has 0 saturated heterocycles. The van der Waals surface area contributed by atoms with E-state index < -0.39 is 0 Å². The lowest BCUT2D eigenvalue weighted by Crippen LogP contribution is -2.42. The summed E-state index contributed by atoms with van der Waals surface area (Å²) in [4.78, 5) is 12.3. The van der Waals surface area contributed by atoms with Gasteiger partial charge in [0, 0.05) is 18.2 Å². The van der Waals surface area contributed by atoms with E-state index in [1.807, 2.05) is 31.2 Å². The average Bonchev–Trinajstić information content (AvgIpc) is 3.11. The lowest BCUT2D eigenvalue weighted by atomic mass is 9.95. The zero-order valence-corrected chi connectivity index (χ0v) is 11.5. The number of carbonyl (C=O) groups excluding carboxylic acids is 1. The van der Waals surface area contributed by atoms with Gasteiger partial charge in [-0.05, 0) is 37.5 Å². The van der Waals surface area contributed by atoms with Crippen molar-refractivity contribution in [1.29, 1.82) is 0 Å². The summed E-state index contributed by atoms with van der Waals surface area (Å²) in [7, 11) is 1.63. The molecule has 0 spiro atoms. The number of methoxy groups -OCH3 is 1. The molecule has 4 heteroatoms. The Balaban J connectivity index is 2.07. The van der Waals surface area contributed by atoms with Crippen LogP contribution in [0.1, 0.15) is 25.3 Å². The van der Waals surface area contributed by atoms with E-state index in [1.54, 1.807) is 7.11 Å². The number of rotatable bonds is 5. The van der Waals surface area contributed by atoms with E-state index >= 15 is 0 Å². The minimum absolute atomic E-state index is 0.0345. The van der Waals surface area contributed by atoms with Gasteiger partial charge in [-0.2, -0.15) is 0 Å². The Bertz CT molecular complexity index is 426. The van der Waals surface area contributed by atoms with Crippen molar-refractivity contribution < 1.29 is 9.53 Å². The highest BCUT2D eigenvalue weighted by Crippen LogP contribution is 2.48. The van der Waals surface area contributed by atoms with Gasteiger partial charge in [-0.25, -0.2) is 0 Å². The molecule has 0 aliphatic heterocycles. The fraction of sp³-hybridized carbons (Fsp3) is 0.500. The first kappa shape index (κ1) is 13.4. The maximum atomic E-state index is 12.3. The van der Waals surface area contributed by atoms with E-state index in [4.69, 9.17) is 16.3 Å². The van der Waals surface area contributed by atoms with Gasteiger partial charge in [-0.1, -0.05) is 23.7 Å². The molecular formula is C14H18ClNO2. The van der Waals surface area contributed by atoms with Crippen molar-refractivity contribution in [3.8, 4) is 0 Å². The molecule has 1 saturated carbocycles. The molecule has 1 aromatic carbocycles. The van der Waals surface area contributed by atoms with E-state index in [0.29, 0.717) is 11.6 Å². The van der Waals surface area contributed by atoms with Crippen LogP contribution in [0.25, 0.3) is 0 Å². The molecule has 1 atom stereocenters. The lowest BCUT2D eigenvalue weighted by molar-refractivity contribution is -0.124. The van der Waals surface area contributed by atoms with Gasteiger partial charge >= 0.3 is 0 Å². The highest BCUT2D eigenvalue weighted by molar-refractivity contribution is 6.30. The molecule has 0 bridgehead atoms. The molecule has 1 fully saturated rings. The molecule has 0 aromatic heterocycles. The van der Waals surface area contributed by atoms with Gasteiger partial charge in [-0.3, -0.25) is 4.79 Å². The standard InChI is InChI=1S/C14H18ClNO2/c1-10(9-18-2)16-13(17)14(7-8-14)11-3-5-12(15)6-4-11/h3-6,10H,7-9H2,1-2H3,(H,16,17). The smallest absolute Gasteiger partial charge is 0.230 e. The molecule has 0 heterocycles. The highest BCUT2D eigenvalue weighted by Gasteiger charge is 2.51. The van der Waals surface area contributed by atoms with Crippen LogP contribution in [0.4, 0.5) is 0 Å². The van der Waals surface area contributed by atoms with E-state index in [0.717, 1.165) is 18.4 Å². The number of hydrogen-bond acceptors (Lipinski definition) is 2. The molecule has 0 radical (unpaired) electrons. The molecular weight excluding hydrogens is 250 g/mol. The van der Waals surface area contributed by atoms with Crippen molar-refractivity contribution in [3.63, 3.8) is 0 Å². The third-order valence-electron chi connectivity index (χ3n) is 3.38. The number of benzene rings is 1. The van der Waals surface area contributed by atoms with E-state index in [2.05, 4.69) is 5.32 Å². The molecule has 1 N–H and O–H groups in total. The van der Waals surface area contributed by atoms with E-state index in [1.165, 1.54) is 0 Å². The normalized spacial score (nSPS) is 18.2. The van der Waals surface area contributed by atoms with Crippen molar-refractivity contribution in [2.24, 2.45) is 0 Å². The maximum Gasteiger partial charge on any atom is 0.230 e. The Morgan fingerprint density at radius 3 is 2.56 bits per heavy atom. The average molecular weight is 268 g/mol. The van der Waals surface area contributed by atoms with E-state index in [-0.39, 0.29) is 17.4 Å². The predicted molar refractivity (Wildman–Crippen MR) is 71.8 cm³/mol. The van der Waals surface area contributed by atoms with Gasteiger partial charge in [-0.15, -0.1) is 0 Å². The second-order valence-electron chi connectivity index (χ2n) is 4.92. The number of halogens is 1. The second-order valence-corrected chi connectivity index (χ2v) is 5.36. The van der Waals surface area contributed by atoms with Crippen LogP contribution in [-0.4, -0.2) is 25.7 Å². The molecule has 3 nitrogen and oxygen atoms in total. The number of carbonyl (C=O) groups is 1. The van der Waals surface area contributed by atoms with Crippen molar-refractivity contribution in [3.05, 3.63) is 34.9 Å². The summed E-state index contributed by atoms with van der Waals surface area (Å²) in [6, 6.07) is 7.59. The summed E-state index contributed by atoms with van der Waals surface area (Å²) in [5.74, 6) is 0.0920. The van der Waals surface area contributed by atoms with Crippen LogP contribution in [0, 0.1) is 0 Å². The summed E-state index contributed by atoms with van der Waals surface area (Å²) in [6.45, 7) is 2.47. The first-order valence-electron chi connectivity index (χ1n) is 6.14. The summed E-state index contributed by atoms with van der Waals surface area (Å²) in [5, 5.41) is 3.70. The van der Waals surface area contributed by atoms with Gasteiger partial charge in [0.25, 0.3) is 0 Å². The van der Waals surface area contributed by atoms with Gasteiger partial charge < -0.3 is 10.1 Å². The quantitative estimate of drug-likeness (QED) is 0.890. The Labute approximate surface area is 112 Å². The van der Waals surface area contributed by atoms with Gasteiger partial charge in [0.1, 0.15) is 0 Å². The predicted octanol–water partition coefficient (Wildman–Crippen LogP) is 2.52. The first-order chi connectivity index (χ1) is 8.58. The zero-order valence-electron chi connectivity index (χ0n) is 10.7. The fourth-order valence-electron chi connectivity index (χ4n) is 2.19. The van der Waals surface area contributed by atoms with Crippen molar-refractivity contribution in [1.82, 2.24) is 5.32 Å². The largest absolute Gasteiger partial charge is 0.383 e. The van der Waals surface area contributed by atoms with Crippen molar-refractivity contribution in [2.45, 2.75) is 31.2 Å². The third kappa shape index (κ3) is 2.68. The molecule has 1 aliphatic rings. The molecule has 1 aliphatic carbocycles. The van der Waals surface area contributed by atoms with Gasteiger partial charge in [0.2, 0.25) is 5.91 Å². The molecule has 1 unspecified atom stereocenters. The maximum absolute atomic E-state index is 12.3. The molecule has 18 heavy (non-hydrogen) atoms. The molecule has 1 aromatic rings. The summed E-state index contributed by atoms with van der Waals surface area (Å²) in [6.07, 6.45) is 1.81. The number of ether oxygens (including phenoxy) is 1. The third-order valence-corrected chi connectivity index (χ3v) is 3.63. The van der Waals surface area contributed by atoms with Crippen LogP contribution in [0.15, 0.2) is 24.3 Å². The second kappa shape index (κ2) is 5.29. The van der Waals surface area contributed by atoms with E-state index in [9.17, 15) is 4.79 Å². The van der Waals surface area contributed by atoms with Crippen molar-refractivity contribution in [2.75, 3.05) is 13.7 Å². The zero-order chi connectivity index (χ0) is 13.2. The van der Waals surface area contributed by atoms with Crippen LogP contribution in [0.2, 0.25) is 5.02 Å². The first-order valence-corrected chi connectivity index (χ1v) is 6.52. The van der Waals surface area contributed by atoms with Crippen LogP contribution >= 0.6 is 11.6 Å². The number of nitrogens with one attached hydrogen (secondary N) is 1. The van der Waals surface area contributed by atoms with Crippen molar-refractivity contribution >= 4 is 17.5 Å². The van der Waals surface area contributed by atoms with Crippen LogP contribution < -0.4 is 5.32 Å². The number of amides is 1. The SMILES string of the molecule is COCC(C)NC(=O)C1(c2ccc(Cl)cc2)CC1. The minimum Gasteiger partial charge on any atom is -0.383 e. The monoisotopic (exact) mass is 267 g/mol. The minimum atomic E-state index is -0.341. The van der Waals surface area contributed by atoms with Crippen LogP contribution in [-0.2, 0) is 14.9 Å². The lowest BCUT2D eigenvalue weighted by Gasteiger charge is -2.19. The molecule has 2 rings (SSSR count). The molecule has 1 amide bonds. The van der Waals surface area contributed by atoms with Crippen LogP contribution in [0.3, 0.4) is 0 Å². The summed E-state index contributed by atoms with van der Waals surface area (Å²) in [5.41, 5.74) is 0.709. The Kier molecular flexibility index (Phi) is 3.93.